The molecule has 15 heavy (non-hydrogen) atoms. The molecule has 0 heterocycles. The predicted octanol–water partition coefficient (Wildman–Crippen LogP) is 2.67. The molecule has 0 spiro atoms. The van der Waals surface area contributed by atoms with Gasteiger partial charge in [-0.05, 0) is 31.2 Å². The number of rotatable bonds is 8. The summed E-state index contributed by atoms with van der Waals surface area (Å²) in [5.41, 5.74) is 0.0939. The van der Waals surface area contributed by atoms with Crippen molar-refractivity contribution in [2.45, 2.75) is 47.5 Å². The summed E-state index contributed by atoms with van der Waals surface area (Å²) in [7, 11) is 0. The van der Waals surface area contributed by atoms with Crippen LogP contribution in [0.5, 0.6) is 0 Å². The van der Waals surface area contributed by atoms with Gasteiger partial charge in [-0.1, -0.05) is 34.6 Å². The second-order valence-corrected chi connectivity index (χ2v) is 5.22. The fourth-order valence-electron chi connectivity index (χ4n) is 1.58. The van der Waals surface area contributed by atoms with Crippen LogP contribution in [0.3, 0.4) is 0 Å². The van der Waals surface area contributed by atoms with Gasteiger partial charge in [0.15, 0.2) is 0 Å². The molecule has 2 nitrogen and oxygen atoms in total. The first-order valence-electron chi connectivity index (χ1n) is 6.33. The Hall–Kier alpha value is -0.0800. The number of nitrogens with one attached hydrogen (secondary N) is 1. The second-order valence-electron chi connectivity index (χ2n) is 5.22. The summed E-state index contributed by atoms with van der Waals surface area (Å²) in [4.78, 5) is 0. The van der Waals surface area contributed by atoms with E-state index in [4.69, 9.17) is 0 Å². The van der Waals surface area contributed by atoms with E-state index in [1.807, 2.05) is 0 Å². The summed E-state index contributed by atoms with van der Waals surface area (Å²) in [6.07, 6.45) is 2.09. The Labute approximate surface area is 95.5 Å². The first kappa shape index (κ1) is 14.9. The van der Waals surface area contributed by atoms with Crippen molar-refractivity contribution in [1.29, 1.82) is 0 Å². The molecule has 0 aromatic rings. The molecule has 1 atom stereocenters. The maximum Gasteiger partial charge on any atom is 0.0499 e. The van der Waals surface area contributed by atoms with Gasteiger partial charge in [0.2, 0.25) is 0 Å². The van der Waals surface area contributed by atoms with Crippen molar-refractivity contribution in [3.05, 3.63) is 0 Å². The van der Waals surface area contributed by atoms with Gasteiger partial charge < -0.3 is 10.4 Å². The van der Waals surface area contributed by atoms with Crippen LogP contribution in [-0.2, 0) is 0 Å². The van der Waals surface area contributed by atoms with Crippen LogP contribution in [0.15, 0.2) is 0 Å². The third-order valence-electron chi connectivity index (χ3n) is 3.94. The Balaban J connectivity index is 3.91. The molecule has 0 fully saturated rings. The highest BCUT2D eigenvalue weighted by atomic mass is 16.3. The van der Waals surface area contributed by atoms with Gasteiger partial charge in [-0.25, -0.2) is 0 Å². The first-order chi connectivity index (χ1) is 7.01. The Kier molecular flexibility index (Phi) is 7.20. The molecule has 0 radical (unpaired) electrons. The lowest BCUT2D eigenvalue weighted by Crippen LogP contribution is -2.38. The monoisotopic (exact) mass is 215 g/mol. The van der Waals surface area contributed by atoms with E-state index in [1.54, 1.807) is 0 Å². The summed E-state index contributed by atoms with van der Waals surface area (Å²) in [6, 6.07) is 0. The van der Waals surface area contributed by atoms with Crippen LogP contribution in [0.2, 0.25) is 0 Å². The SMILES string of the molecule is CCC(CC)(CO)CNCC(C)C(C)C. The van der Waals surface area contributed by atoms with Gasteiger partial charge in [-0.3, -0.25) is 0 Å². The average molecular weight is 215 g/mol. The lowest BCUT2D eigenvalue weighted by molar-refractivity contribution is 0.111. The lowest BCUT2D eigenvalue weighted by atomic mass is 9.83. The Morgan fingerprint density at radius 1 is 1.13 bits per heavy atom. The van der Waals surface area contributed by atoms with E-state index < -0.39 is 0 Å². The second kappa shape index (κ2) is 7.24. The van der Waals surface area contributed by atoms with Crippen LogP contribution < -0.4 is 5.32 Å². The highest BCUT2D eigenvalue weighted by molar-refractivity contribution is 4.78. The smallest absolute Gasteiger partial charge is 0.0499 e. The summed E-state index contributed by atoms with van der Waals surface area (Å²) < 4.78 is 0. The molecule has 0 saturated heterocycles. The normalized spacial score (nSPS) is 14.6. The zero-order valence-electron chi connectivity index (χ0n) is 11.1. The standard InChI is InChI=1S/C13H29NO/c1-6-13(7-2,10-15)9-14-8-12(5)11(3)4/h11-12,14-15H,6-10H2,1-5H3. The third-order valence-corrected chi connectivity index (χ3v) is 3.94. The van der Waals surface area contributed by atoms with E-state index >= 15 is 0 Å². The van der Waals surface area contributed by atoms with Crippen LogP contribution in [0.25, 0.3) is 0 Å². The largest absolute Gasteiger partial charge is 0.396 e. The number of hydrogen-bond acceptors (Lipinski definition) is 2. The molecule has 0 bridgehead atoms. The lowest BCUT2D eigenvalue weighted by Gasteiger charge is -2.30. The average Bonchev–Trinajstić information content (AvgIpc) is 2.24. The summed E-state index contributed by atoms with van der Waals surface area (Å²) in [5, 5.41) is 12.9. The van der Waals surface area contributed by atoms with Gasteiger partial charge in [0, 0.05) is 18.6 Å². The molecule has 0 aliphatic rings. The zero-order valence-corrected chi connectivity index (χ0v) is 11.1. The molecular formula is C13H29NO. The maximum absolute atomic E-state index is 9.41. The van der Waals surface area contributed by atoms with Crippen LogP contribution in [0, 0.1) is 17.3 Å². The molecule has 0 amide bonds. The third kappa shape index (κ3) is 4.98. The molecule has 0 aliphatic heterocycles. The Bertz CT molecular complexity index is 144. The fraction of sp³-hybridized carbons (Fsp3) is 1.00. The number of hydrogen-bond donors (Lipinski definition) is 2. The van der Waals surface area contributed by atoms with Crippen LogP contribution in [0.1, 0.15) is 47.5 Å². The van der Waals surface area contributed by atoms with E-state index in [1.165, 1.54) is 0 Å². The fourth-order valence-corrected chi connectivity index (χ4v) is 1.58. The van der Waals surface area contributed by atoms with Crippen LogP contribution in [-0.4, -0.2) is 24.8 Å². The van der Waals surface area contributed by atoms with Gasteiger partial charge in [-0.15, -0.1) is 0 Å². The minimum absolute atomic E-state index is 0.0939. The van der Waals surface area contributed by atoms with Crippen molar-refractivity contribution in [2.24, 2.45) is 17.3 Å². The minimum Gasteiger partial charge on any atom is -0.396 e. The highest BCUT2D eigenvalue weighted by Gasteiger charge is 2.24. The topological polar surface area (TPSA) is 32.3 Å². The van der Waals surface area contributed by atoms with Gasteiger partial charge >= 0.3 is 0 Å². The van der Waals surface area contributed by atoms with Crippen molar-refractivity contribution in [3.63, 3.8) is 0 Å². The minimum atomic E-state index is 0.0939. The van der Waals surface area contributed by atoms with Crippen molar-refractivity contribution in [1.82, 2.24) is 5.32 Å². The molecule has 1 unspecified atom stereocenters. The van der Waals surface area contributed by atoms with E-state index in [9.17, 15) is 5.11 Å². The van der Waals surface area contributed by atoms with E-state index in [0.717, 1.165) is 31.8 Å². The van der Waals surface area contributed by atoms with Crippen molar-refractivity contribution >= 4 is 0 Å². The van der Waals surface area contributed by atoms with Gasteiger partial charge in [0.05, 0.1) is 0 Å². The first-order valence-corrected chi connectivity index (χ1v) is 6.33. The molecule has 2 heteroatoms. The summed E-state index contributed by atoms with van der Waals surface area (Å²) in [6.45, 7) is 13.4. The predicted molar refractivity (Wildman–Crippen MR) is 67.0 cm³/mol. The van der Waals surface area contributed by atoms with Crippen molar-refractivity contribution < 1.29 is 5.11 Å². The van der Waals surface area contributed by atoms with Crippen molar-refractivity contribution in [2.75, 3.05) is 19.7 Å². The highest BCUT2D eigenvalue weighted by Crippen LogP contribution is 2.24. The zero-order chi connectivity index (χ0) is 11.9. The van der Waals surface area contributed by atoms with E-state index in [2.05, 4.69) is 39.9 Å². The molecule has 0 rings (SSSR count). The van der Waals surface area contributed by atoms with E-state index in [-0.39, 0.29) is 5.41 Å². The van der Waals surface area contributed by atoms with Gasteiger partial charge in [0.25, 0.3) is 0 Å². The van der Waals surface area contributed by atoms with Gasteiger partial charge in [0.1, 0.15) is 0 Å². The molecule has 2 N–H and O–H groups in total. The molecule has 92 valence electrons. The molecular weight excluding hydrogens is 186 g/mol. The molecule has 0 aromatic heterocycles. The van der Waals surface area contributed by atoms with Crippen LogP contribution in [0.4, 0.5) is 0 Å². The number of aliphatic hydroxyl groups is 1. The molecule has 0 aliphatic carbocycles. The van der Waals surface area contributed by atoms with Crippen molar-refractivity contribution in [3.8, 4) is 0 Å². The maximum atomic E-state index is 9.41. The quantitative estimate of drug-likeness (QED) is 0.652. The van der Waals surface area contributed by atoms with E-state index in [0.29, 0.717) is 12.5 Å². The molecule has 0 saturated carbocycles. The van der Waals surface area contributed by atoms with Gasteiger partial charge in [-0.2, -0.15) is 0 Å². The number of aliphatic hydroxyl groups excluding tert-OH is 1. The summed E-state index contributed by atoms with van der Waals surface area (Å²) in [5.74, 6) is 1.43. The Morgan fingerprint density at radius 2 is 1.67 bits per heavy atom. The summed E-state index contributed by atoms with van der Waals surface area (Å²) >= 11 is 0. The Morgan fingerprint density at radius 3 is 2.00 bits per heavy atom. The van der Waals surface area contributed by atoms with Crippen LogP contribution >= 0.6 is 0 Å². The molecule has 0 aromatic carbocycles.